The summed E-state index contributed by atoms with van der Waals surface area (Å²) in [4.78, 5) is 7.03. The standard InChI is InChI=1S/C13H15ClN2OS/c14-7-10-8-16(5-6-17-10)9-13-15-11-3-1-2-4-12(11)18-13/h1-4,10H,5-9H2. The molecule has 0 bridgehead atoms. The normalized spacial score (nSPS) is 21.5. The minimum Gasteiger partial charge on any atom is -0.374 e. The van der Waals surface area contributed by atoms with E-state index in [-0.39, 0.29) is 6.10 Å². The summed E-state index contributed by atoms with van der Waals surface area (Å²) < 4.78 is 6.82. The Morgan fingerprint density at radius 1 is 1.44 bits per heavy atom. The molecule has 1 aromatic heterocycles. The lowest BCUT2D eigenvalue weighted by molar-refractivity contribution is -0.0193. The molecule has 1 atom stereocenters. The molecule has 1 aliphatic heterocycles. The third-order valence-corrected chi connectivity index (χ3v) is 4.46. The van der Waals surface area contributed by atoms with E-state index in [0.717, 1.165) is 31.8 Å². The molecule has 3 nitrogen and oxygen atoms in total. The minimum absolute atomic E-state index is 0.162. The Hall–Kier alpha value is -0.680. The molecule has 0 saturated carbocycles. The lowest BCUT2D eigenvalue weighted by Crippen LogP contribution is -2.42. The van der Waals surface area contributed by atoms with Crippen molar-refractivity contribution in [1.29, 1.82) is 0 Å². The predicted octanol–water partition coefficient (Wildman–Crippen LogP) is 2.74. The van der Waals surface area contributed by atoms with Gasteiger partial charge in [-0.15, -0.1) is 22.9 Å². The van der Waals surface area contributed by atoms with Gasteiger partial charge in [0.25, 0.3) is 0 Å². The van der Waals surface area contributed by atoms with E-state index in [1.165, 1.54) is 9.71 Å². The summed E-state index contributed by atoms with van der Waals surface area (Å²) in [5.41, 5.74) is 1.10. The fraction of sp³-hybridized carbons (Fsp3) is 0.462. The highest BCUT2D eigenvalue weighted by Crippen LogP contribution is 2.23. The average molecular weight is 283 g/mol. The molecule has 0 radical (unpaired) electrons. The van der Waals surface area contributed by atoms with E-state index in [0.29, 0.717) is 5.88 Å². The van der Waals surface area contributed by atoms with E-state index < -0.39 is 0 Å². The smallest absolute Gasteiger partial charge is 0.108 e. The molecule has 3 rings (SSSR count). The van der Waals surface area contributed by atoms with Gasteiger partial charge in [-0.1, -0.05) is 12.1 Å². The third kappa shape index (κ3) is 2.67. The molecule has 0 spiro atoms. The third-order valence-electron chi connectivity index (χ3n) is 3.09. The number of halogens is 1. The SMILES string of the molecule is ClCC1CN(Cc2nc3ccccc3s2)CCO1. The first-order chi connectivity index (χ1) is 8.85. The number of alkyl halides is 1. The summed E-state index contributed by atoms with van der Waals surface area (Å²) in [5, 5.41) is 1.17. The van der Waals surface area contributed by atoms with Gasteiger partial charge in [0.1, 0.15) is 5.01 Å². The molecule has 0 aliphatic carbocycles. The van der Waals surface area contributed by atoms with E-state index in [1.54, 1.807) is 11.3 Å². The van der Waals surface area contributed by atoms with Crippen molar-refractivity contribution in [2.24, 2.45) is 0 Å². The zero-order valence-electron chi connectivity index (χ0n) is 10.0. The van der Waals surface area contributed by atoms with Gasteiger partial charge >= 0.3 is 0 Å². The first-order valence-electron chi connectivity index (χ1n) is 6.09. The van der Waals surface area contributed by atoms with Gasteiger partial charge in [-0.25, -0.2) is 4.98 Å². The molecule has 1 fully saturated rings. The van der Waals surface area contributed by atoms with Gasteiger partial charge in [-0.2, -0.15) is 0 Å². The van der Waals surface area contributed by atoms with Gasteiger partial charge in [0.15, 0.2) is 0 Å². The summed E-state index contributed by atoms with van der Waals surface area (Å²) in [5.74, 6) is 0.566. The molecule has 2 heterocycles. The second-order valence-electron chi connectivity index (χ2n) is 4.46. The van der Waals surface area contributed by atoms with Crippen LogP contribution in [0.25, 0.3) is 10.2 Å². The molecule has 1 aliphatic rings. The van der Waals surface area contributed by atoms with Crippen LogP contribution in [0.2, 0.25) is 0 Å². The zero-order valence-corrected chi connectivity index (χ0v) is 11.6. The average Bonchev–Trinajstić information content (AvgIpc) is 2.81. The fourth-order valence-corrected chi connectivity index (χ4v) is 3.39. The molecular formula is C13H15ClN2OS. The maximum atomic E-state index is 5.85. The van der Waals surface area contributed by atoms with Crippen molar-refractivity contribution in [3.63, 3.8) is 0 Å². The number of morpholine rings is 1. The van der Waals surface area contributed by atoms with Crippen molar-refractivity contribution in [3.8, 4) is 0 Å². The molecule has 1 unspecified atom stereocenters. The largest absolute Gasteiger partial charge is 0.374 e. The highest BCUT2D eigenvalue weighted by Gasteiger charge is 2.20. The number of nitrogens with zero attached hydrogens (tertiary/aromatic N) is 2. The Balaban J connectivity index is 1.71. The maximum Gasteiger partial charge on any atom is 0.108 e. The Morgan fingerprint density at radius 2 is 2.33 bits per heavy atom. The number of aromatic nitrogens is 1. The van der Waals surface area contributed by atoms with Gasteiger partial charge in [-0.05, 0) is 12.1 Å². The van der Waals surface area contributed by atoms with E-state index >= 15 is 0 Å². The van der Waals surface area contributed by atoms with E-state index in [4.69, 9.17) is 16.3 Å². The Kier molecular flexibility index (Phi) is 3.80. The van der Waals surface area contributed by atoms with Crippen LogP contribution >= 0.6 is 22.9 Å². The van der Waals surface area contributed by atoms with Crippen LogP contribution < -0.4 is 0 Å². The molecule has 5 heteroatoms. The molecule has 1 aromatic carbocycles. The van der Waals surface area contributed by atoms with Gasteiger partial charge in [0, 0.05) is 19.0 Å². The number of fused-ring (bicyclic) bond motifs is 1. The molecule has 2 aromatic rings. The topological polar surface area (TPSA) is 25.4 Å². The first kappa shape index (κ1) is 12.4. The van der Waals surface area contributed by atoms with Gasteiger partial charge in [-0.3, -0.25) is 4.90 Å². The van der Waals surface area contributed by atoms with Crippen LogP contribution in [0.3, 0.4) is 0 Å². The van der Waals surface area contributed by atoms with Crippen molar-refractivity contribution in [1.82, 2.24) is 9.88 Å². The second-order valence-corrected chi connectivity index (χ2v) is 5.88. The lowest BCUT2D eigenvalue weighted by Gasteiger charge is -2.31. The van der Waals surface area contributed by atoms with Gasteiger partial charge < -0.3 is 4.74 Å². The molecular weight excluding hydrogens is 268 g/mol. The Bertz CT molecular complexity index is 497. The van der Waals surface area contributed by atoms with Crippen molar-refractivity contribution in [2.45, 2.75) is 12.6 Å². The summed E-state index contributed by atoms with van der Waals surface area (Å²) >= 11 is 7.62. The van der Waals surface area contributed by atoms with E-state index in [2.05, 4.69) is 28.1 Å². The first-order valence-corrected chi connectivity index (χ1v) is 7.44. The zero-order chi connectivity index (χ0) is 12.4. The summed E-state index contributed by atoms with van der Waals surface area (Å²) in [6.45, 7) is 3.53. The summed E-state index contributed by atoms with van der Waals surface area (Å²) in [6, 6.07) is 8.28. The summed E-state index contributed by atoms with van der Waals surface area (Å²) in [6.07, 6.45) is 0.162. The van der Waals surface area contributed by atoms with Crippen molar-refractivity contribution in [2.75, 3.05) is 25.6 Å². The van der Waals surface area contributed by atoms with Crippen LogP contribution in [0.15, 0.2) is 24.3 Å². The Labute approximate surface area is 115 Å². The van der Waals surface area contributed by atoms with Crippen molar-refractivity contribution < 1.29 is 4.74 Å². The van der Waals surface area contributed by atoms with Crippen molar-refractivity contribution >= 4 is 33.2 Å². The fourth-order valence-electron chi connectivity index (χ4n) is 2.20. The Morgan fingerprint density at radius 3 is 3.17 bits per heavy atom. The number of rotatable bonds is 3. The van der Waals surface area contributed by atoms with Crippen molar-refractivity contribution in [3.05, 3.63) is 29.3 Å². The molecule has 0 amide bonds. The van der Waals surface area contributed by atoms with Crippen LogP contribution in [-0.4, -0.2) is 41.6 Å². The van der Waals surface area contributed by atoms with Crippen LogP contribution in [0, 0.1) is 0 Å². The van der Waals surface area contributed by atoms with E-state index in [1.807, 2.05) is 6.07 Å². The lowest BCUT2D eigenvalue weighted by atomic mass is 10.3. The van der Waals surface area contributed by atoms with Crippen LogP contribution in [0.4, 0.5) is 0 Å². The van der Waals surface area contributed by atoms with Gasteiger partial charge in [0.05, 0.1) is 29.5 Å². The van der Waals surface area contributed by atoms with Crippen LogP contribution in [-0.2, 0) is 11.3 Å². The minimum atomic E-state index is 0.162. The highest BCUT2D eigenvalue weighted by atomic mass is 35.5. The number of hydrogen-bond acceptors (Lipinski definition) is 4. The number of hydrogen-bond donors (Lipinski definition) is 0. The van der Waals surface area contributed by atoms with Gasteiger partial charge in [0.2, 0.25) is 0 Å². The second kappa shape index (κ2) is 5.53. The van der Waals surface area contributed by atoms with Crippen LogP contribution in [0.5, 0.6) is 0 Å². The summed E-state index contributed by atoms with van der Waals surface area (Å²) in [7, 11) is 0. The predicted molar refractivity (Wildman–Crippen MR) is 75.4 cm³/mol. The maximum absolute atomic E-state index is 5.85. The van der Waals surface area contributed by atoms with E-state index in [9.17, 15) is 0 Å². The highest BCUT2D eigenvalue weighted by molar-refractivity contribution is 7.18. The number of para-hydroxylation sites is 1. The molecule has 0 N–H and O–H groups in total. The van der Waals surface area contributed by atoms with Crippen LogP contribution in [0.1, 0.15) is 5.01 Å². The number of thiazole rings is 1. The number of ether oxygens (including phenoxy) is 1. The molecule has 1 saturated heterocycles. The molecule has 18 heavy (non-hydrogen) atoms. The monoisotopic (exact) mass is 282 g/mol. The molecule has 96 valence electrons. The quantitative estimate of drug-likeness (QED) is 0.810. The number of benzene rings is 1.